The second-order valence-electron chi connectivity index (χ2n) is 5.42. The molecule has 1 heterocycles. The first-order valence-corrected chi connectivity index (χ1v) is 8.19. The van der Waals surface area contributed by atoms with Gasteiger partial charge in [0.15, 0.2) is 0 Å². The average Bonchev–Trinajstić information content (AvgIpc) is 3.11. The number of carbonyl (C=O) groups is 1. The number of hydrogen-bond acceptors (Lipinski definition) is 2. The van der Waals surface area contributed by atoms with Crippen molar-refractivity contribution >= 4 is 17.5 Å². The van der Waals surface area contributed by atoms with Gasteiger partial charge in [0.1, 0.15) is 0 Å². The molecule has 1 amide bonds. The minimum absolute atomic E-state index is 0.0559. The third-order valence-electron chi connectivity index (χ3n) is 3.84. The van der Waals surface area contributed by atoms with Crippen LogP contribution in [0.3, 0.4) is 0 Å². The average molecular weight is 340 g/mol. The molecule has 0 bridgehead atoms. The van der Waals surface area contributed by atoms with Crippen molar-refractivity contribution in [3.8, 4) is 5.69 Å². The number of hydrogen-bond donors (Lipinski definition) is 0. The van der Waals surface area contributed by atoms with Crippen LogP contribution in [0.5, 0.6) is 0 Å². The standard InChI is InChI=1S/C19H18ClN3O/c1-2-22(13-15-8-6-7-11-18(15)20)19(24)16-12-21-23(14-16)17-9-4-3-5-10-17/h3-12,14H,2,13H2,1H3. The van der Waals surface area contributed by atoms with Gasteiger partial charge in [-0.15, -0.1) is 0 Å². The molecular weight excluding hydrogens is 322 g/mol. The van der Waals surface area contributed by atoms with E-state index in [1.54, 1.807) is 22.0 Å². The molecule has 122 valence electrons. The maximum atomic E-state index is 12.8. The molecule has 0 unspecified atom stereocenters. The van der Waals surface area contributed by atoms with Crippen molar-refractivity contribution in [1.29, 1.82) is 0 Å². The third-order valence-corrected chi connectivity index (χ3v) is 4.21. The molecule has 0 saturated carbocycles. The van der Waals surface area contributed by atoms with E-state index >= 15 is 0 Å². The fourth-order valence-corrected chi connectivity index (χ4v) is 2.69. The molecule has 0 aliphatic heterocycles. The molecule has 0 radical (unpaired) electrons. The van der Waals surface area contributed by atoms with Crippen LogP contribution in [0.2, 0.25) is 5.02 Å². The van der Waals surface area contributed by atoms with E-state index in [9.17, 15) is 4.79 Å². The number of aromatic nitrogens is 2. The van der Waals surface area contributed by atoms with Gasteiger partial charge in [-0.3, -0.25) is 4.79 Å². The lowest BCUT2D eigenvalue weighted by Crippen LogP contribution is -2.30. The fraction of sp³-hybridized carbons (Fsp3) is 0.158. The van der Waals surface area contributed by atoms with Crippen molar-refractivity contribution in [2.24, 2.45) is 0 Å². The number of carbonyl (C=O) groups excluding carboxylic acids is 1. The molecule has 0 aliphatic carbocycles. The van der Waals surface area contributed by atoms with Gasteiger partial charge < -0.3 is 4.90 Å². The molecule has 3 rings (SSSR count). The monoisotopic (exact) mass is 339 g/mol. The highest BCUT2D eigenvalue weighted by Crippen LogP contribution is 2.18. The number of amides is 1. The largest absolute Gasteiger partial charge is 0.334 e. The summed E-state index contributed by atoms with van der Waals surface area (Å²) in [6, 6.07) is 17.3. The van der Waals surface area contributed by atoms with Crippen LogP contribution in [-0.4, -0.2) is 27.1 Å². The van der Waals surface area contributed by atoms with Gasteiger partial charge in [-0.1, -0.05) is 48.0 Å². The smallest absolute Gasteiger partial charge is 0.257 e. The lowest BCUT2D eigenvalue weighted by molar-refractivity contribution is 0.0752. The third kappa shape index (κ3) is 3.49. The van der Waals surface area contributed by atoms with Crippen molar-refractivity contribution < 1.29 is 4.79 Å². The minimum Gasteiger partial charge on any atom is -0.334 e. The van der Waals surface area contributed by atoms with Gasteiger partial charge >= 0.3 is 0 Å². The Morgan fingerprint density at radius 1 is 1.12 bits per heavy atom. The number of rotatable bonds is 5. The molecule has 4 nitrogen and oxygen atoms in total. The molecule has 0 fully saturated rings. The highest BCUT2D eigenvalue weighted by Gasteiger charge is 2.17. The normalized spacial score (nSPS) is 10.6. The first kappa shape index (κ1) is 16.3. The Bertz CT molecular complexity index is 829. The van der Waals surface area contributed by atoms with Crippen LogP contribution < -0.4 is 0 Å². The number of nitrogens with zero attached hydrogens (tertiary/aromatic N) is 3. The topological polar surface area (TPSA) is 38.1 Å². The highest BCUT2D eigenvalue weighted by atomic mass is 35.5. The van der Waals surface area contributed by atoms with Gasteiger partial charge in [-0.05, 0) is 30.7 Å². The van der Waals surface area contributed by atoms with Crippen LogP contribution in [0.1, 0.15) is 22.8 Å². The van der Waals surface area contributed by atoms with Crippen molar-refractivity contribution in [3.05, 3.63) is 83.1 Å². The Labute approximate surface area is 146 Å². The fourth-order valence-electron chi connectivity index (χ4n) is 2.50. The highest BCUT2D eigenvalue weighted by molar-refractivity contribution is 6.31. The Hall–Kier alpha value is -2.59. The Kier molecular flexibility index (Phi) is 4.96. The van der Waals surface area contributed by atoms with Gasteiger partial charge in [-0.25, -0.2) is 4.68 Å². The summed E-state index contributed by atoms with van der Waals surface area (Å²) < 4.78 is 1.70. The van der Waals surface area contributed by atoms with E-state index in [4.69, 9.17) is 11.6 Å². The Morgan fingerprint density at radius 3 is 2.54 bits per heavy atom. The second-order valence-corrected chi connectivity index (χ2v) is 5.83. The van der Waals surface area contributed by atoms with Crippen molar-refractivity contribution in [3.63, 3.8) is 0 Å². The van der Waals surface area contributed by atoms with E-state index in [0.717, 1.165) is 11.3 Å². The molecule has 2 aromatic carbocycles. The zero-order chi connectivity index (χ0) is 16.9. The van der Waals surface area contributed by atoms with E-state index < -0.39 is 0 Å². The molecular formula is C19H18ClN3O. The molecule has 5 heteroatoms. The number of para-hydroxylation sites is 1. The van der Waals surface area contributed by atoms with Gasteiger partial charge in [0.05, 0.1) is 17.4 Å². The Balaban J connectivity index is 1.80. The summed E-state index contributed by atoms with van der Waals surface area (Å²) >= 11 is 6.21. The maximum absolute atomic E-state index is 12.8. The predicted molar refractivity (Wildman–Crippen MR) is 95.4 cm³/mol. The quantitative estimate of drug-likeness (QED) is 0.699. The van der Waals surface area contributed by atoms with Gasteiger partial charge in [0.25, 0.3) is 5.91 Å². The Morgan fingerprint density at radius 2 is 1.83 bits per heavy atom. The van der Waals surface area contributed by atoms with Crippen LogP contribution in [0.4, 0.5) is 0 Å². The summed E-state index contributed by atoms with van der Waals surface area (Å²) in [6.07, 6.45) is 3.36. The van der Waals surface area contributed by atoms with E-state index in [0.29, 0.717) is 23.7 Å². The van der Waals surface area contributed by atoms with E-state index in [1.807, 2.05) is 61.5 Å². The summed E-state index contributed by atoms with van der Waals surface area (Å²) in [4.78, 5) is 14.5. The number of benzene rings is 2. The first-order chi connectivity index (χ1) is 11.7. The zero-order valence-corrected chi connectivity index (χ0v) is 14.1. The van der Waals surface area contributed by atoms with Crippen LogP contribution in [0.15, 0.2) is 67.0 Å². The molecule has 3 aromatic rings. The molecule has 1 aromatic heterocycles. The summed E-state index contributed by atoms with van der Waals surface area (Å²) in [6.45, 7) is 3.03. The maximum Gasteiger partial charge on any atom is 0.257 e. The van der Waals surface area contributed by atoms with Gasteiger partial charge in [0, 0.05) is 24.3 Å². The van der Waals surface area contributed by atoms with Crippen LogP contribution >= 0.6 is 11.6 Å². The van der Waals surface area contributed by atoms with E-state index in [-0.39, 0.29) is 5.91 Å². The second kappa shape index (κ2) is 7.32. The van der Waals surface area contributed by atoms with Crippen LogP contribution in [0, 0.1) is 0 Å². The molecule has 0 spiro atoms. The van der Waals surface area contributed by atoms with Crippen molar-refractivity contribution in [2.45, 2.75) is 13.5 Å². The van der Waals surface area contributed by atoms with E-state index in [2.05, 4.69) is 5.10 Å². The molecule has 0 atom stereocenters. The number of halogens is 1. The summed E-state index contributed by atoms with van der Waals surface area (Å²) in [7, 11) is 0. The first-order valence-electron chi connectivity index (χ1n) is 7.82. The lowest BCUT2D eigenvalue weighted by Gasteiger charge is -2.20. The molecule has 0 aliphatic rings. The lowest BCUT2D eigenvalue weighted by atomic mass is 10.2. The zero-order valence-electron chi connectivity index (χ0n) is 13.4. The van der Waals surface area contributed by atoms with E-state index in [1.165, 1.54) is 0 Å². The molecule has 0 saturated heterocycles. The minimum atomic E-state index is -0.0559. The SMILES string of the molecule is CCN(Cc1ccccc1Cl)C(=O)c1cnn(-c2ccccc2)c1. The van der Waals surface area contributed by atoms with Crippen LogP contribution in [0.25, 0.3) is 5.69 Å². The molecule has 24 heavy (non-hydrogen) atoms. The summed E-state index contributed by atoms with van der Waals surface area (Å²) in [5.74, 6) is -0.0559. The van der Waals surface area contributed by atoms with Crippen LogP contribution in [-0.2, 0) is 6.54 Å². The molecule has 0 N–H and O–H groups in total. The van der Waals surface area contributed by atoms with Gasteiger partial charge in [0.2, 0.25) is 0 Å². The van der Waals surface area contributed by atoms with Crippen molar-refractivity contribution in [2.75, 3.05) is 6.54 Å². The van der Waals surface area contributed by atoms with Crippen molar-refractivity contribution in [1.82, 2.24) is 14.7 Å². The summed E-state index contributed by atoms with van der Waals surface area (Å²) in [5, 5.41) is 4.96. The summed E-state index contributed by atoms with van der Waals surface area (Å²) in [5.41, 5.74) is 2.42. The van der Waals surface area contributed by atoms with Gasteiger partial charge in [-0.2, -0.15) is 5.10 Å². The predicted octanol–water partition coefficient (Wildman–Crippen LogP) is 4.19.